The predicted molar refractivity (Wildman–Crippen MR) is 78.4 cm³/mol. The van der Waals surface area contributed by atoms with Gasteiger partial charge >= 0.3 is 0 Å². The van der Waals surface area contributed by atoms with E-state index in [2.05, 4.69) is 46.6 Å². The van der Waals surface area contributed by atoms with Gasteiger partial charge in [0.2, 0.25) is 0 Å². The fraction of sp³-hybridized carbons (Fsp3) is 0.615. The number of rotatable bonds is 6. The maximum atomic E-state index is 5.73. The summed E-state index contributed by atoms with van der Waals surface area (Å²) in [6.07, 6.45) is 5.21. The number of nitrogens with zero attached hydrogens (tertiary/aromatic N) is 2. The number of unbranched alkanes of at least 4 members (excludes halogenated alkanes) is 1. The molecule has 1 aromatic heterocycles. The molecule has 1 unspecified atom stereocenters. The molecule has 0 spiro atoms. The van der Waals surface area contributed by atoms with Gasteiger partial charge in [-0.1, -0.05) is 20.3 Å². The molecular weight excluding hydrogens is 278 g/mol. The van der Waals surface area contributed by atoms with Gasteiger partial charge in [0, 0.05) is 12.6 Å². The van der Waals surface area contributed by atoms with Crippen LogP contribution in [0.5, 0.6) is 0 Å². The van der Waals surface area contributed by atoms with Crippen LogP contribution in [-0.4, -0.2) is 17.6 Å². The summed E-state index contributed by atoms with van der Waals surface area (Å²) in [6, 6.07) is 2.41. The molecule has 0 aliphatic carbocycles. The molecule has 0 aromatic carbocycles. The van der Waals surface area contributed by atoms with Crippen LogP contribution in [-0.2, 0) is 0 Å². The molecule has 2 N–H and O–H groups in total. The van der Waals surface area contributed by atoms with E-state index in [1.807, 2.05) is 6.07 Å². The number of hydrogen-bond donors (Lipinski definition) is 1. The van der Waals surface area contributed by atoms with Gasteiger partial charge in [-0.3, -0.25) is 0 Å². The van der Waals surface area contributed by atoms with E-state index in [4.69, 9.17) is 5.73 Å². The van der Waals surface area contributed by atoms with Crippen LogP contribution in [0.4, 0.5) is 11.5 Å². The zero-order valence-corrected chi connectivity index (χ0v) is 12.5. The zero-order chi connectivity index (χ0) is 12.8. The number of aromatic nitrogens is 1. The summed E-state index contributed by atoms with van der Waals surface area (Å²) in [5.74, 6) is 1.00. The van der Waals surface area contributed by atoms with Gasteiger partial charge in [0.25, 0.3) is 0 Å². The fourth-order valence-electron chi connectivity index (χ4n) is 1.74. The zero-order valence-electron chi connectivity index (χ0n) is 10.9. The third-order valence-corrected chi connectivity index (χ3v) is 3.57. The molecule has 0 radical (unpaired) electrons. The second kappa shape index (κ2) is 6.84. The van der Waals surface area contributed by atoms with Gasteiger partial charge < -0.3 is 10.6 Å². The number of pyridine rings is 1. The van der Waals surface area contributed by atoms with Crippen LogP contribution in [0.2, 0.25) is 0 Å². The summed E-state index contributed by atoms with van der Waals surface area (Å²) in [5, 5.41) is 0. The molecule has 0 aliphatic rings. The van der Waals surface area contributed by atoms with Crippen molar-refractivity contribution in [1.82, 2.24) is 4.98 Å². The number of anilines is 2. The molecule has 0 saturated heterocycles. The van der Waals surface area contributed by atoms with E-state index in [0.717, 1.165) is 23.3 Å². The van der Waals surface area contributed by atoms with Gasteiger partial charge in [0.1, 0.15) is 5.82 Å². The fourth-order valence-corrected chi connectivity index (χ4v) is 2.34. The Bertz CT molecular complexity index is 355. The van der Waals surface area contributed by atoms with Crippen molar-refractivity contribution in [3.8, 4) is 0 Å². The minimum absolute atomic E-state index is 0.494. The summed E-state index contributed by atoms with van der Waals surface area (Å²) < 4.78 is 0.980. The van der Waals surface area contributed by atoms with E-state index >= 15 is 0 Å². The normalized spacial score (nSPS) is 12.5. The van der Waals surface area contributed by atoms with Crippen LogP contribution in [0.1, 0.15) is 40.0 Å². The van der Waals surface area contributed by atoms with E-state index in [0.29, 0.717) is 11.7 Å². The standard InChI is InChI=1S/C13H22BrN3/c1-4-6-7-17(10(3)5-2)13-12(14)8-11(15)9-16-13/h8-10H,4-7,15H2,1-3H3. The Morgan fingerprint density at radius 3 is 2.71 bits per heavy atom. The van der Waals surface area contributed by atoms with Crippen molar-refractivity contribution in [2.45, 2.75) is 46.1 Å². The molecule has 0 amide bonds. The minimum atomic E-state index is 0.494. The molecule has 3 nitrogen and oxygen atoms in total. The highest BCUT2D eigenvalue weighted by Gasteiger charge is 2.16. The second-order valence-corrected chi connectivity index (χ2v) is 5.23. The van der Waals surface area contributed by atoms with Crippen molar-refractivity contribution in [3.05, 3.63) is 16.7 Å². The van der Waals surface area contributed by atoms with Crippen LogP contribution in [0.3, 0.4) is 0 Å². The lowest BCUT2D eigenvalue weighted by molar-refractivity contribution is 0.589. The Hall–Kier alpha value is -0.770. The van der Waals surface area contributed by atoms with Crippen molar-refractivity contribution >= 4 is 27.4 Å². The van der Waals surface area contributed by atoms with Gasteiger partial charge in [0.05, 0.1) is 16.4 Å². The molecule has 1 heterocycles. The van der Waals surface area contributed by atoms with Crippen LogP contribution in [0, 0.1) is 0 Å². The monoisotopic (exact) mass is 299 g/mol. The number of nitrogen functional groups attached to an aromatic ring is 1. The molecule has 1 aromatic rings. The summed E-state index contributed by atoms with van der Waals surface area (Å²) in [4.78, 5) is 6.81. The Kier molecular flexibility index (Phi) is 5.75. The Morgan fingerprint density at radius 2 is 2.18 bits per heavy atom. The van der Waals surface area contributed by atoms with E-state index in [-0.39, 0.29) is 0 Å². The maximum absolute atomic E-state index is 5.73. The molecule has 1 rings (SSSR count). The lowest BCUT2D eigenvalue weighted by Crippen LogP contribution is -2.34. The first kappa shape index (κ1) is 14.3. The van der Waals surface area contributed by atoms with Crippen LogP contribution >= 0.6 is 15.9 Å². The lowest BCUT2D eigenvalue weighted by Gasteiger charge is -2.30. The summed E-state index contributed by atoms with van der Waals surface area (Å²) in [7, 11) is 0. The molecular formula is C13H22BrN3. The first-order valence-electron chi connectivity index (χ1n) is 6.27. The van der Waals surface area contributed by atoms with Gasteiger partial charge in [-0.05, 0) is 41.8 Å². The van der Waals surface area contributed by atoms with Gasteiger partial charge in [-0.15, -0.1) is 0 Å². The first-order chi connectivity index (χ1) is 8.10. The maximum Gasteiger partial charge on any atom is 0.143 e. The Labute approximate surface area is 113 Å². The van der Waals surface area contributed by atoms with Crippen molar-refractivity contribution in [1.29, 1.82) is 0 Å². The second-order valence-electron chi connectivity index (χ2n) is 4.38. The van der Waals surface area contributed by atoms with E-state index < -0.39 is 0 Å². The average Bonchev–Trinajstić information content (AvgIpc) is 2.31. The number of nitrogens with two attached hydrogens (primary N) is 1. The molecule has 17 heavy (non-hydrogen) atoms. The largest absolute Gasteiger partial charge is 0.397 e. The summed E-state index contributed by atoms with van der Waals surface area (Å²) in [5.41, 5.74) is 6.42. The molecule has 0 aliphatic heterocycles. The molecule has 96 valence electrons. The highest BCUT2D eigenvalue weighted by molar-refractivity contribution is 9.10. The summed E-state index contributed by atoms with van der Waals surface area (Å²) in [6.45, 7) is 7.69. The van der Waals surface area contributed by atoms with E-state index in [1.165, 1.54) is 12.8 Å². The van der Waals surface area contributed by atoms with Gasteiger partial charge in [0.15, 0.2) is 0 Å². The summed E-state index contributed by atoms with van der Waals surface area (Å²) >= 11 is 3.55. The lowest BCUT2D eigenvalue weighted by atomic mass is 10.2. The van der Waals surface area contributed by atoms with Gasteiger partial charge in [-0.2, -0.15) is 0 Å². The molecule has 0 fully saturated rings. The molecule has 1 atom stereocenters. The van der Waals surface area contributed by atoms with Crippen LogP contribution < -0.4 is 10.6 Å². The Balaban J connectivity index is 2.95. The molecule has 4 heteroatoms. The van der Waals surface area contributed by atoms with Crippen molar-refractivity contribution < 1.29 is 0 Å². The topological polar surface area (TPSA) is 42.2 Å². The van der Waals surface area contributed by atoms with Crippen molar-refractivity contribution in [2.75, 3.05) is 17.2 Å². The highest BCUT2D eigenvalue weighted by atomic mass is 79.9. The van der Waals surface area contributed by atoms with E-state index in [9.17, 15) is 0 Å². The van der Waals surface area contributed by atoms with Crippen LogP contribution in [0.25, 0.3) is 0 Å². The minimum Gasteiger partial charge on any atom is -0.397 e. The predicted octanol–water partition coefficient (Wildman–Crippen LogP) is 3.83. The third kappa shape index (κ3) is 3.87. The molecule has 0 saturated carbocycles. The number of hydrogen-bond acceptors (Lipinski definition) is 3. The SMILES string of the molecule is CCCCN(c1ncc(N)cc1Br)C(C)CC. The third-order valence-electron chi connectivity index (χ3n) is 2.99. The van der Waals surface area contributed by atoms with Crippen molar-refractivity contribution in [3.63, 3.8) is 0 Å². The number of halogens is 1. The Morgan fingerprint density at radius 1 is 1.47 bits per heavy atom. The smallest absolute Gasteiger partial charge is 0.143 e. The van der Waals surface area contributed by atoms with E-state index in [1.54, 1.807) is 6.20 Å². The van der Waals surface area contributed by atoms with Gasteiger partial charge in [-0.25, -0.2) is 4.98 Å². The van der Waals surface area contributed by atoms with Crippen LogP contribution in [0.15, 0.2) is 16.7 Å². The highest BCUT2D eigenvalue weighted by Crippen LogP contribution is 2.27. The molecule has 0 bridgehead atoms. The first-order valence-corrected chi connectivity index (χ1v) is 7.07. The van der Waals surface area contributed by atoms with Crippen molar-refractivity contribution in [2.24, 2.45) is 0 Å². The average molecular weight is 300 g/mol. The quantitative estimate of drug-likeness (QED) is 0.868.